The number of nitrogens with zero attached hydrogens (tertiary/aromatic N) is 1. The summed E-state index contributed by atoms with van der Waals surface area (Å²) in [7, 11) is 1.80. The average Bonchev–Trinajstić information content (AvgIpc) is 2.99. The van der Waals surface area contributed by atoms with Crippen LogP contribution in [0.3, 0.4) is 0 Å². The Bertz CT molecular complexity index is 404. The standard InChI is InChI=1S/C11H11FINO/c1-14(8-3-4-8)11(15)9-5-2-7(12)6-10(9)13/h2,5-6,8H,3-4H2,1H3. The van der Waals surface area contributed by atoms with Crippen molar-refractivity contribution in [3.05, 3.63) is 33.1 Å². The van der Waals surface area contributed by atoms with Gasteiger partial charge in [-0.05, 0) is 53.6 Å². The summed E-state index contributed by atoms with van der Waals surface area (Å²) in [5.41, 5.74) is 0.589. The van der Waals surface area contributed by atoms with Crippen LogP contribution in [0.15, 0.2) is 18.2 Å². The summed E-state index contributed by atoms with van der Waals surface area (Å²) in [4.78, 5) is 13.7. The minimum absolute atomic E-state index is 0.0121. The first kappa shape index (κ1) is 10.9. The van der Waals surface area contributed by atoms with Crippen molar-refractivity contribution >= 4 is 28.5 Å². The fourth-order valence-corrected chi connectivity index (χ4v) is 2.19. The highest BCUT2D eigenvalue weighted by Crippen LogP contribution is 2.27. The summed E-state index contributed by atoms with van der Waals surface area (Å²) in [6.07, 6.45) is 2.17. The second kappa shape index (κ2) is 4.08. The quantitative estimate of drug-likeness (QED) is 0.768. The second-order valence-corrected chi connectivity index (χ2v) is 4.93. The Kier molecular flexibility index (Phi) is 2.95. The Morgan fingerprint density at radius 1 is 1.53 bits per heavy atom. The third-order valence-electron chi connectivity index (χ3n) is 2.58. The molecule has 1 aromatic rings. The lowest BCUT2D eigenvalue weighted by Gasteiger charge is -2.16. The number of halogens is 2. The van der Waals surface area contributed by atoms with Crippen LogP contribution in [0.25, 0.3) is 0 Å². The first-order valence-corrected chi connectivity index (χ1v) is 5.89. The predicted molar refractivity (Wildman–Crippen MR) is 64.2 cm³/mol. The number of hydrogen-bond acceptors (Lipinski definition) is 1. The highest BCUT2D eigenvalue weighted by molar-refractivity contribution is 14.1. The number of carbonyl (C=O) groups is 1. The van der Waals surface area contributed by atoms with Crippen LogP contribution >= 0.6 is 22.6 Å². The van der Waals surface area contributed by atoms with Crippen molar-refractivity contribution in [2.24, 2.45) is 0 Å². The Hall–Kier alpha value is -0.650. The lowest BCUT2D eigenvalue weighted by molar-refractivity contribution is 0.0784. The molecule has 0 atom stereocenters. The van der Waals surface area contributed by atoms with Crippen LogP contribution in [0.4, 0.5) is 4.39 Å². The lowest BCUT2D eigenvalue weighted by atomic mass is 10.2. The predicted octanol–water partition coefficient (Wildman–Crippen LogP) is 2.66. The summed E-state index contributed by atoms with van der Waals surface area (Å²) in [6.45, 7) is 0. The van der Waals surface area contributed by atoms with Crippen LogP contribution in [0.2, 0.25) is 0 Å². The van der Waals surface area contributed by atoms with Gasteiger partial charge in [-0.25, -0.2) is 4.39 Å². The molecular weight excluding hydrogens is 308 g/mol. The van der Waals surface area contributed by atoms with Gasteiger partial charge in [-0.3, -0.25) is 4.79 Å². The van der Waals surface area contributed by atoms with E-state index < -0.39 is 0 Å². The van der Waals surface area contributed by atoms with Gasteiger partial charge in [0.1, 0.15) is 5.82 Å². The van der Waals surface area contributed by atoms with Crippen LogP contribution < -0.4 is 0 Å². The topological polar surface area (TPSA) is 20.3 Å². The molecule has 0 N–H and O–H groups in total. The molecule has 0 heterocycles. The van der Waals surface area contributed by atoms with E-state index in [4.69, 9.17) is 0 Å². The van der Waals surface area contributed by atoms with E-state index in [-0.39, 0.29) is 11.7 Å². The van der Waals surface area contributed by atoms with Crippen molar-refractivity contribution in [3.8, 4) is 0 Å². The fraction of sp³-hybridized carbons (Fsp3) is 0.364. The summed E-state index contributed by atoms with van der Waals surface area (Å²) >= 11 is 1.99. The van der Waals surface area contributed by atoms with Gasteiger partial charge in [0.15, 0.2) is 0 Å². The van der Waals surface area contributed by atoms with E-state index in [0.717, 1.165) is 12.8 Å². The first-order chi connectivity index (χ1) is 7.09. The van der Waals surface area contributed by atoms with Gasteiger partial charge in [-0.2, -0.15) is 0 Å². The fourth-order valence-electron chi connectivity index (χ4n) is 1.48. The Balaban J connectivity index is 2.24. The van der Waals surface area contributed by atoms with Crippen LogP contribution in [-0.2, 0) is 0 Å². The Morgan fingerprint density at radius 3 is 2.73 bits per heavy atom. The largest absolute Gasteiger partial charge is 0.339 e. The van der Waals surface area contributed by atoms with Gasteiger partial charge < -0.3 is 4.90 Å². The molecule has 1 saturated carbocycles. The molecule has 2 rings (SSSR count). The SMILES string of the molecule is CN(C(=O)c1ccc(F)cc1I)C1CC1. The van der Waals surface area contributed by atoms with Gasteiger partial charge in [-0.15, -0.1) is 0 Å². The molecule has 1 fully saturated rings. The molecule has 0 aliphatic heterocycles. The van der Waals surface area contributed by atoms with Gasteiger partial charge >= 0.3 is 0 Å². The van der Waals surface area contributed by atoms with Crippen molar-refractivity contribution in [1.29, 1.82) is 0 Å². The number of benzene rings is 1. The van der Waals surface area contributed by atoms with Gasteiger partial charge in [0.05, 0.1) is 5.56 Å². The number of amides is 1. The molecular formula is C11H11FINO. The minimum atomic E-state index is -0.301. The molecule has 1 aliphatic rings. The van der Waals surface area contributed by atoms with Gasteiger partial charge in [-0.1, -0.05) is 0 Å². The molecule has 0 aromatic heterocycles. The van der Waals surface area contributed by atoms with Crippen molar-refractivity contribution in [1.82, 2.24) is 4.90 Å². The summed E-state index contributed by atoms with van der Waals surface area (Å²) in [5.74, 6) is -0.313. The van der Waals surface area contributed by atoms with E-state index in [1.807, 2.05) is 22.6 Å². The van der Waals surface area contributed by atoms with Gasteiger partial charge in [0, 0.05) is 16.7 Å². The summed E-state index contributed by atoms with van der Waals surface area (Å²) in [6, 6.07) is 4.65. The maximum atomic E-state index is 12.9. The molecule has 15 heavy (non-hydrogen) atoms. The van der Waals surface area contributed by atoms with Crippen LogP contribution in [0.1, 0.15) is 23.2 Å². The third kappa shape index (κ3) is 2.30. The highest BCUT2D eigenvalue weighted by Gasteiger charge is 2.30. The van der Waals surface area contributed by atoms with E-state index in [9.17, 15) is 9.18 Å². The molecule has 1 amide bonds. The molecule has 80 valence electrons. The monoisotopic (exact) mass is 319 g/mol. The van der Waals surface area contributed by atoms with Crippen LogP contribution in [0.5, 0.6) is 0 Å². The Labute approximate surface area is 102 Å². The maximum absolute atomic E-state index is 12.9. The minimum Gasteiger partial charge on any atom is -0.339 e. The first-order valence-electron chi connectivity index (χ1n) is 4.82. The molecule has 1 aromatic carbocycles. The zero-order valence-corrected chi connectivity index (χ0v) is 10.5. The van der Waals surface area contributed by atoms with Crippen molar-refractivity contribution < 1.29 is 9.18 Å². The summed E-state index contributed by atoms with van der Waals surface area (Å²) < 4.78 is 13.5. The van der Waals surface area contributed by atoms with Gasteiger partial charge in [0.25, 0.3) is 5.91 Å². The zero-order chi connectivity index (χ0) is 11.0. The second-order valence-electron chi connectivity index (χ2n) is 3.77. The highest BCUT2D eigenvalue weighted by atomic mass is 127. The van der Waals surface area contributed by atoms with Crippen molar-refractivity contribution in [2.75, 3.05) is 7.05 Å². The van der Waals surface area contributed by atoms with Crippen molar-refractivity contribution in [3.63, 3.8) is 0 Å². The molecule has 1 aliphatic carbocycles. The number of rotatable bonds is 2. The number of hydrogen-bond donors (Lipinski definition) is 0. The Morgan fingerprint density at radius 2 is 2.20 bits per heavy atom. The van der Waals surface area contributed by atoms with Crippen LogP contribution in [0, 0.1) is 9.39 Å². The lowest BCUT2D eigenvalue weighted by Crippen LogP contribution is -2.29. The van der Waals surface area contributed by atoms with E-state index >= 15 is 0 Å². The molecule has 0 spiro atoms. The number of carbonyl (C=O) groups excluding carboxylic acids is 1. The molecule has 0 radical (unpaired) electrons. The normalized spacial score (nSPS) is 15.1. The third-order valence-corrected chi connectivity index (χ3v) is 3.47. The van der Waals surface area contributed by atoms with E-state index in [2.05, 4.69) is 0 Å². The average molecular weight is 319 g/mol. The molecule has 0 unspecified atom stereocenters. The maximum Gasteiger partial charge on any atom is 0.254 e. The smallest absolute Gasteiger partial charge is 0.254 e. The van der Waals surface area contributed by atoms with Gasteiger partial charge in [0.2, 0.25) is 0 Å². The van der Waals surface area contributed by atoms with Crippen LogP contribution in [-0.4, -0.2) is 23.9 Å². The molecule has 0 bridgehead atoms. The molecule has 0 saturated heterocycles. The van der Waals surface area contributed by atoms with Crippen molar-refractivity contribution in [2.45, 2.75) is 18.9 Å². The van der Waals surface area contributed by atoms with E-state index in [0.29, 0.717) is 15.2 Å². The molecule has 2 nitrogen and oxygen atoms in total. The van der Waals surface area contributed by atoms with E-state index in [1.165, 1.54) is 12.1 Å². The summed E-state index contributed by atoms with van der Waals surface area (Å²) in [5, 5.41) is 0. The molecule has 4 heteroatoms. The zero-order valence-electron chi connectivity index (χ0n) is 8.34. The van der Waals surface area contributed by atoms with E-state index in [1.54, 1.807) is 18.0 Å².